The van der Waals surface area contributed by atoms with Crippen LogP contribution in [0.15, 0.2) is 30.3 Å². The molecule has 0 aliphatic carbocycles. The summed E-state index contributed by atoms with van der Waals surface area (Å²) in [4.78, 5) is 0. The number of hydrogen-bond donors (Lipinski definition) is 1. The van der Waals surface area contributed by atoms with E-state index in [0.717, 1.165) is 19.4 Å². The predicted octanol–water partition coefficient (Wildman–Crippen LogP) is 1.87. The molecule has 1 aromatic rings. The van der Waals surface area contributed by atoms with E-state index in [1.807, 2.05) is 18.2 Å². The second-order valence-electron chi connectivity index (χ2n) is 3.55. The highest BCUT2D eigenvalue weighted by Crippen LogP contribution is 2.26. The van der Waals surface area contributed by atoms with Crippen LogP contribution in [-0.4, -0.2) is 12.6 Å². The highest BCUT2D eigenvalue weighted by molar-refractivity contribution is 5.18. The largest absolute Gasteiger partial charge is 0.373 e. The molecule has 2 N–H and O–H groups in total. The van der Waals surface area contributed by atoms with Gasteiger partial charge in [-0.1, -0.05) is 30.3 Å². The Balaban J connectivity index is 2.08. The Morgan fingerprint density at radius 1 is 1.23 bits per heavy atom. The van der Waals surface area contributed by atoms with Crippen LogP contribution < -0.4 is 5.73 Å². The molecule has 2 nitrogen and oxygen atoms in total. The summed E-state index contributed by atoms with van der Waals surface area (Å²) in [5, 5.41) is 0. The van der Waals surface area contributed by atoms with Crippen molar-refractivity contribution in [2.45, 2.75) is 25.0 Å². The van der Waals surface area contributed by atoms with Gasteiger partial charge in [0.1, 0.15) is 0 Å². The fourth-order valence-electron chi connectivity index (χ4n) is 1.72. The molecule has 2 rings (SSSR count). The Labute approximate surface area is 78.7 Å². The van der Waals surface area contributed by atoms with Gasteiger partial charge >= 0.3 is 0 Å². The maximum absolute atomic E-state index is 5.88. The van der Waals surface area contributed by atoms with Crippen molar-refractivity contribution < 1.29 is 4.74 Å². The molecule has 13 heavy (non-hydrogen) atoms. The molecule has 1 aliphatic rings. The monoisotopic (exact) mass is 177 g/mol. The van der Waals surface area contributed by atoms with Gasteiger partial charge in [0.15, 0.2) is 0 Å². The lowest BCUT2D eigenvalue weighted by atomic mass is 9.98. The third-order valence-corrected chi connectivity index (χ3v) is 2.50. The summed E-state index contributed by atoms with van der Waals surface area (Å²) >= 11 is 0. The fraction of sp³-hybridized carbons (Fsp3) is 0.455. The van der Waals surface area contributed by atoms with Crippen LogP contribution in [0.5, 0.6) is 0 Å². The van der Waals surface area contributed by atoms with E-state index in [1.54, 1.807) is 0 Å². The minimum Gasteiger partial charge on any atom is -0.373 e. The summed E-state index contributed by atoms with van der Waals surface area (Å²) in [5.41, 5.74) is 7.13. The Hall–Kier alpha value is -0.860. The van der Waals surface area contributed by atoms with E-state index < -0.39 is 0 Å². The first kappa shape index (κ1) is 8.73. The summed E-state index contributed by atoms with van der Waals surface area (Å²) in [5.74, 6) is 0. The van der Waals surface area contributed by atoms with Gasteiger partial charge in [0, 0.05) is 12.6 Å². The van der Waals surface area contributed by atoms with E-state index in [1.165, 1.54) is 5.56 Å². The zero-order valence-corrected chi connectivity index (χ0v) is 7.65. The van der Waals surface area contributed by atoms with Crippen LogP contribution in [0.3, 0.4) is 0 Å². The van der Waals surface area contributed by atoms with Crippen molar-refractivity contribution in [2.24, 2.45) is 5.73 Å². The minimum atomic E-state index is 0.213. The van der Waals surface area contributed by atoms with Crippen LogP contribution in [-0.2, 0) is 4.74 Å². The topological polar surface area (TPSA) is 35.2 Å². The highest BCUT2D eigenvalue weighted by atomic mass is 16.5. The zero-order valence-electron chi connectivity index (χ0n) is 7.65. The van der Waals surface area contributed by atoms with Crippen LogP contribution in [0.2, 0.25) is 0 Å². The van der Waals surface area contributed by atoms with Gasteiger partial charge in [-0.15, -0.1) is 0 Å². The molecule has 1 saturated heterocycles. The van der Waals surface area contributed by atoms with Gasteiger partial charge in [-0.25, -0.2) is 0 Å². The van der Waals surface area contributed by atoms with Crippen molar-refractivity contribution in [2.75, 3.05) is 6.61 Å². The molecule has 1 aromatic carbocycles. The molecule has 0 amide bonds. The summed E-state index contributed by atoms with van der Waals surface area (Å²) in [6, 6.07) is 10.6. The number of nitrogens with two attached hydrogens (primary N) is 1. The SMILES string of the molecule is N[C@@H]1CCO[C@@H](c2ccccc2)C1. The zero-order chi connectivity index (χ0) is 9.10. The number of hydrogen-bond acceptors (Lipinski definition) is 2. The number of rotatable bonds is 1. The lowest BCUT2D eigenvalue weighted by molar-refractivity contribution is 0.00668. The molecule has 1 heterocycles. The molecule has 1 aliphatic heterocycles. The molecule has 70 valence electrons. The van der Waals surface area contributed by atoms with Crippen molar-refractivity contribution in [1.29, 1.82) is 0 Å². The third-order valence-electron chi connectivity index (χ3n) is 2.50. The molecule has 0 spiro atoms. The van der Waals surface area contributed by atoms with Crippen molar-refractivity contribution in [3.63, 3.8) is 0 Å². The third kappa shape index (κ3) is 2.08. The average Bonchev–Trinajstić information content (AvgIpc) is 2.19. The maximum Gasteiger partial charge on any atom is 0.0839 e. The number of benzene rings is 1. The van der Waals surface area contributed by atoms with Gasteiger partial charge in [0.25, 0.3) is 0 Å². The lowest BCUT2D eigenvalue weighted by Gasteiger charge is -2.27. The van der Waals surface area contributed by atoms with Crippen LogP contribution >= 0.6 is 0 Å². The standard InChI is InChI=1S/C11H15NO/c12-10-6-7-13-11(8-10)9-4-2-1-3-5-9/h1-5,10-11H,6-8,12H2/t10-,11-/m1/s1. The first-order chi connectivity index (χ1) is 6.36. The van der Waals surface area contributed by atoms with Crippen molar-refractivity contribution >= 4 is 0 Å². The minimum absolute atomic E-state index is 0.213. The van der Waals surface area contributed by atoms with Crippen LogP contribution in [0.1, 0.15) is 24.5 Å². The smallest absolute Gasteiger partial charge is 0.0839 e. The van der Waals surface area contributed by atoms with Gasteiger partial charge < -0.3 is 10.5 Å². The van der Waals surface area contributed by atoms with Crippen molar-refractivity contribution in [3.05, 3.63) is 35.9 Å². The Morgan fingerprint density at radius 3 is 2.69 bits per heavy atom. The second-order valence-corrected chi connectivity index (χ2v) is 3.55. The number of ether oxygens (including phenoxy) is 1. The molecule has 0 radical (unpaired) electrons. The molecule has 0 saturated carbocycles. The fourth-order valence-corrected chi connectivity index (χ4v) is 1.72. The molecule has 0 unspecified atom stereocenters. The van der Waals surface area contributed by atoms with Gasteiger partial charge in [-0.3, -0.25) is 0 Å². The molecular formula is C11H15NO. The Bertz CT molecular complexity index is 260. The van der Waals surface area contributed by atoms with E-state index >= 15 is 0 Å². The molecule has 1 fully saturated rings. The van der Waals surface area contributed by atoms with E-state index in [9.17, 15) is 0 Å². The van der Waals surface area contributed by atoms with Crippen LogP contribution in [0.25, 0.3) is 0 Å². The predicted molar refractivity (Wildman–Crippen MR) is 52.3 cm³/mol. The van der Waals surface area contributed by atoms with Gasteiger partial charge in [-0.05, 0) is 18.4 Å². The average molecular weight is 177 g/mol. The van der Waals surface area contributed by atoms with Gasteiger partial charge in [0.05, 0.1) is 6.10 Å². The van der Waals surface area contributed by atoms with Gasteiger partial charge in [0.2, 0.25) is 0 Å². The van der Waals surface area contributed by atoms with E-state index in [4.69, 9.17) is 10.5 Å². The van der Waals surface area contributed by atoms with Crippen LogP contribution in [0.4, 0.5) is 0 Å². The molecule has 0 bridgehead atoms. The molecule has 2 heteroatoms. The first-order valence-corrected chi connectivity index (χ1v) is 4.78. The highest BCUT2D eigenvalue weighted by Gasteiger charge is 2.20. The summed E-state index contributed by atoms with van der Waals surface area (Å²) in [7, 11) is 0. The Morgan fingerprint density at radius 2 is 2.00 bits per heavy atom. The lowest BCUT2D eigenvalue weighted by Crippen LogP contribution is -2.30. The summed E-state index contributed by atoms with van der Waals surface area (Å²) in [6.07, 6.45) is 2.15. The van der Waals surface area contributed by atoms with Crippen molar-refractivity contribution in [3.8, 4) is 0 Å². The molecular weight excluding hydrogens is 162 g/mol. The van der Waals surface area contributed by atoms with E-state index in [-0.39, 0.29) is 6.10 Å². The quantitative estimate of drug-likeness (QED) is 0.710. The first-order valence-electron chi connectivity index (χ1n) is 4.78. The van der Waals surface area contributed by atoms with Crippen molar-refractivity contribution in [1.82, 2.24) is 0 Å². The van der Waals surface area contributed by atoms with Gasteiger partial charge in [-0.2, -0.15) is 0 Å². The van der Waals surface area contributed by atoms with E-state index in [0.29, 0.717) is 6.04 Å². The summed E-state index contributed by atoms with van der Waals surface area (Å²) in [6.45, 7) is 0.792. The summed E-state index contributed by atoms with van der Waals surface area (Å²) < 4.78 is 5.65. The molecule has 2 atom stereocenters. The van der Waals surface area contributed by atoms with E-state index in [2.05, 4.69) is 12.1 Å². The normalized spacial score (nSPS) is 28.7. The Kier molecular flexibility index (Phi) is 2.62. The van der Waals surface area contributed by atoms with Crippen LogP contribution in [0, 0.1) is 0 Å². The second kappa shape index (κ2) is 3.90. The molecule has 0 aromatic heterocycles. The maximum atomic E-state index is 5.88.